The van der Waals surface area contributed by atoms with E-state index in [-0.39, 0.29) is 28.7 Å². The highest BCUT2D eigenvalue weighted by atomic mass is 16.5. The van der Waals surface area contributed by atoms with E-state index in [1.165, 1.54) is 13.2 Å². The number of ether oxygens (including phenoxy) is 2. The van der Waals surface area contributed by atoms with Crippen molar-refractivity contribution in [3.63, 3.8) is 0 Å². The Morgan fingerprint density at radius 2 is 1.87 bits per heavy atom. The summed E-state index contributed by atoms with van der Waals surface area (Å²) in [6.45, 7) is 1.71. The molecule has 0 saturated heterocycles. The topological polar surface area (TPSA) is 96.0 Å². The molecular weight excluding hydrogens is 304 g/mol. The van der Waals surface area contributed by atoms with Crippen LogP contribution < -0.4 is 16.0 Å². The molecule has 3 aromatic rings. The summed E-state index contributed by atoms with van der Waals surface area (Å²) in [5, 5.41) is 0.415. The second-order valence-corrected chi connectivity index (χ2v) is 4.66. The van der Waals surface area contributed by atoms with Gasteiger partial charge in [-0.15, -0.1) is 0 Å². The molecular formula is C16H12O7. The Labute approximate surface area is 129 Å². The van der Waals surface area contributed by atoms with Crippen molar-refractivity contribution in [1.29, 1.82) is 0 Å². The van der Waals surface area contributed by atoms with Crippen LogP contribution in [0.4, 0.5) is 0 Å². The van der Waals surface area contributed by atoms with E-state index in [1.54, 1.807) is 19.1 Å². The summed E-state index contributed by atoms with van der Waals surface area (Å²) in [5.74, 6) is -0.358. The second kappa shape index (κ2) is 5.60. The van der Waals surface area contributed by atoms with Crippen LogP contribution in [-0.4, -0.2) is 19.7 Å². The Balaban J connectivity index is 2.36. The molecule has 0 radical (unpaired) electrons. The number of fused-ring (bicyclic) bond motifs is 3. The Bertz CT molecular complexity index is 1030. The lowest BCUT2D eigenvalue weighted by Gasteiger charge is -2.05. The van der Waals surface area contributed by atoms with Gasteiger partial charge < -0.3 is 18.3 Å². The molecule has 7 nitrogen and oxygen atoms in total. The van der Waals surface area contributed by atoms with E-state index in [0.29, 0.717) is 11.1 Å². The van der Waals surface area contributed by atoms with Crippen LogP contribution in [0.2, 0.25) is 0 Å². The molecule has 0 N–H and O–H groups in total. The fourth-order valence-electron chi connectivity index (χ4n) is 2.23. The minimum atomic E-state index is -0.876. The molecule has 3 rings (SSSR count). The third-order valence-electron chi connectivity index (χ3n) is 3.30. The monoisotopic (exact) mass is 316 g/mol. The molecule has 0 aliphatic rings. The molecule has 0 amide bonds. The standard InChI is InChI=1S/C16H12O7/c1-3-21-14(17)11-7-10-13(23-16(11)19)9-5-4-8(20-2)6-12(9)22-15(10)18/h4-7H,3H2,1-2H3. The van der Waals surface area contributed by atoms with Gasteiger partial charge in [0.05, 0.1) is 19.1 Å². The first-order valence-corrected chi connectivity index (χ1v) is 6.81. The molecule has 1 aromatic carbocycles. The van der Waals surface area contributed by atoms with E-state index in [2.05, 4.69) is 0 Å². The van der Waals surface area contributed by atoms with Crippen LogP contribution in [0.3, 0.4) is 0 Å². The minimum absolute atomic E-state index is 0.00896. The van der Waals surface area contributed by atoms with Crippen molar-refractivity contribution in [2.45, 2.75) is 6.92 Å². The number of esters is 1. The number of benzene rings is 1. The highest BCUT2D eigenvalue weighted by Gasteiger charge is 2.19. The van der Waals surface area contributed by atoms with Crippen LogP contribution in [0.1, 0.15) is 17.3 Å². The molecule has 23 heavy (non-hydrogen) atoms. The highest BCUT2D eigenvalue weighted by molar-refractivity contribution is 6.02. The summed E-state index contributed by atoms with van der Waals surface area (Å²) >= 11 is 0. The fourth-order valence-corrected chi connectivity index (χ4v) is 2.23. The van der Waals surface area contributed by atoms with Gasteiger partial charge in [0.25, 0.3) is 0 Å². The molecule has 0 aliphatic heterocycles. The average molecular weight is 316 g/mol. The molecule has 2 aromatic heterocycles. The zero-order valence-electron chi connectivity index (χ0n) is 12.4. The van der Waals surface area contributed by atoms with E-state index in [1.807, 2.05) is 0 Å². The maximum atomic E-state index is 12.1. The first kappa shape index (κ1) is 14.8. The smallest absolute Gasteiger partial charge is 0.351 e. The normalized spacial score (nSPS) is 10.9. The van der Waals surface area contributed by atoms with Crippen molar-refractivity contribution < 1.29 is 23.1 Å². The van der Waals surface area contributed by atoms with Crippen LogP contribution in [0.15, 0.2) is 42.7 Å². The van der Waals surface area contributed by atoms with Crippen molar-refractivity contribution in [3.8, 4) is 5.75 Å². The van der Waals surface area contributed by atoms with E-state index >= 15 is 0 Å². The Morgan fingerprint density at radius 3 is 2.57 bits per heavy atom. The van der Waals surface area contributed by atoms with E-state index < -0.39 is 17.2 Å². The number of rotatable bonds is 3. The van der Waals surface area contributed by atoms with Gasteiger partial charge in [0.1, 0.15) is 22.3 Å². The van der Waals surface area contributed by atoms with E-state index in [0.717, 1.165) is 6.07 Å². The fraction of sp³-hybridized carbons (Fsp3) is 0.188. The molecule has 2 heterocycles. The van der Waals surface area contributed by atoms with Crippen LogP contribution >= 0.6 is 0 Å². The van der Waals surface area contributed by atoms with Gasteiger partial charge in [0, 0.05) is 6.07 Å². The van der Waals surface area contributed by atoms with Gasteiger partial charge in [0.2, 0.25) is 0 Å². The van der Waals surface area contributed by atoms with E-state index in [9.17, 15) is 14.4 Å². The molecule has 118 valence electrons. The zero-order valence-corrected chi connectivity index (χ0v) is 12.4. The quantitative estimate of drug-likeness (QED) is 0.414. The number of methoxy groups -OCH3 is 1. The number of carbonyl (C=O) groups is 1. The zero-order chi connectivity index (χ0) is 16.6. The van der Waals surface area contributed by atoms with Crippen LogP contribution in [0, 0.1) is 0 Å². The summed E-state index contributed by atoms with van der Waals surface area (Å²) in [6.07, 6.45) is 0. The third-order valence-corrected chi connectivity index (χ3v) is 3.30. The predicted octanol–water partition coefficient (Wildman–Crippen LogP) is 2.08. The first-order chi connectivity index (χ1) is 11.0. The van der Waals surface area contributed by atoms with Crippen molar-refractivity contribution >= 4 is 27.9 Å². The summed E-state index contributed by atoms with van der Waals surface area (Å²) in [6, 6.07) is 5.89. The van der Waals surface area contributed by atoms with Crippen LogP contribution in [0.5, 0.6) is 5.75 Å². The van der Waals surface area contributed by atoms with Crippen molar-refractivity contribution in [1.82, 2.24) is 0 Å². The number of carbonyl (C=O) groups excluding carboxylic acids is 1. The summed E-state index contributed by atoms with van der Waals surface area (Å²) < 4.78 is 20.2. The Kier molecular flexibility index (Phi) is 3.61. The molecule has 0 atom stereocenters. The summed E-state index contributed by atoms with van der Waals surface area (Å²) in [5.41, 5.74) is -1.68. The molecule has 0 fully saturated rings. The summed E-state index contributed by atoms with van der Waals surface area (Å²) in [7, 11) is 1.48. The second-order valence-electron chi connectivity index (χ2n) is 4.66. The van der Waals surface area contributed by atoms with Crippen molar-refractivity contribution in [3.05, 3.63) is 50.7 Å². The third kappa shape index (κ3) is 2.46. The van der Waals surface area contributed by atoms with Crippen LogP contribution in [-0.2, 0) is 4.74 Å². The van der Waals surface area contributed by atoms with Crippen LogP contribution in [0.25, 0.3) is 21.9 Å². The van der Waals surface area contributed by atoms with Gasteiger partial charge in [-0.05, 0) is 25.1 Å². The van der Waals surface area contributed by atoms with Gasteiger partial charge in [0.15, 0.2) is 5.58 Å². The van der Waals surface area contributed by atoms with E-state index in [4.69, 9.17) is 18.3 Å². The lowest BCUT2D eigenvalue weighted by molar-refractivity contribution is 0.0522. The number of hydrogen-bond acceptors (Lipinski definition) is 7. The first-order valence-electron chi connectivity index (χ1n) is 6.81. The molecule has 7 heteroatoms. The van der Waals surface area contributed by atoms with Gasteiger partial charge in [-0.2, -0.15) is 0 Å². The molecule has 0 bridgehead atoms. The van der Waals surface area contributed by atoms with Gasteiger partial charge >= 0.3 is 17.2 Å². The Hall–Kier alpha value is -3.09. The maximum absolute atomic E-state index is 12.1. The average Bonchev–Trinajstić information content (AvgIpc) is 2.54. The minimum Gasteiger partial charge on any atom is -0.497 e. The molecule has 0 unspecified atom stereocenters. The van der Waals surface area contributed by atoms with Gasteiger partial charge in [-0.1, -0.05) is 0 Å². The lowest BCUT2D eigenvalue weighted by atomic mass is 10.1. The maximum Gasteiger partial charge on any atom is 0.351 e. The van der Waals surface area contributed by atoms with Gasteiger partial charge in [-0.3, -0.25) is 0 Å². The molecule has 0 spiro atoms. The SMILES string of the molecule is CCOC(=O)c1cc2c(=O)oc3cc(OC)ccc3c2oc1=O. The van der Waals surface area contributed by atoms with Crippen molar-refractivity contribution in [2.75, 3.05) is 13.7 Å². The molecule has 0 saturated carbocycles. The highest BCUT2D eigenvalue weighted by Crippen LogP contribution is 2.25. The number of hydrogen-bond donors (Lipinski definition) is 0. The van der Waals surface area contributed by atoms with Crippen molar-refractivity contribution in [2.24, 2.45) is 0 Å². The molecule has 0 aliphatic carbocycles. The summed E-state index contributed by atoms with van der Waals surface area (Å²) in [4.78, 5) is 35.9. The predicted molar refractivity (Wildman–Crippen MR) is 81.0 cm³/mol. The lowest BCUT2D eigenvalue weighted by Crippen LogP contribution is -2.17. The Morgan fingerprint density at radius 1 is 1.09 bits per heavy atom. The van der Waals surface area contributed by atoms with Gasteiger partial charge in [-0.25, -0.2) is 14.4 Å². The largest absolute Gasteiger partial charge is 0.497 e.